The Hall–Kier alpha value is -1.47. The molecule has 1 saturated heterocycles. The summed E-state index contributed by atoms with van der Waals surface area (Å²) in [5, 5.41) is 0.710. The maximum absolute atomic E-state index is 11.7. The Balaban J connectivity index is 2.23. The standard InChI is InChI=1S/C14H20N2O4S/c1-9(17)12-11(13(18)20-3)15-14(21-12)16-6-4-5-10(7-16)8-19-2/h10H,4-8H2,1-3H3. The summed E-state index contributed by atoms with van der Waals surface area (Å²) in [6.45, 7) is 3.87. The molecule has 0 bridgehead atoms. The van der Waals surface area contributed by atoms with Gasteiger partial charge in [-0.3, -0.25) is 4.79 Å². The number of ether oxygens (including phenoxy) is 2. The molecule has 116 valence electrons. The molecule has 21 heavy (non-hydrogen) atoms. The molecule has 1 aliphatic heterocycles. The van der Waals surface area contributed by atoms with Gasteiger partial charge in [-0.05, 0) is 18.8 Å². The highest BCUT2D eigenvalue weighted by atomic mass is 32.1. The van der Waals surface area contributed by atoms with Gasteiger partial charge in [-0.1, -0.05) is 11.3 Å². The van der Waals surface area contributed by atoms with Crippen molar-refractivity contribution in [3.05, 3.63) is 10.6 Å². The van der Waals surface area contributed by atoms with Crippen molar-refractivity contribution < 1.29 is 19.1 Å². The van der Waals surface area contributed by atoms with Gasteiger partial charge in [-0.15, -0.1) is 0 Å². The number of piperidine rings is 1. The molecule has 1 aromatic heterocycles. The van der Waals surface area contributed by atoms with Crippen molar-refractivity contribution in [1.29, 1.82) is 0 Å². The number of methoxy groups -OCH3 is 2. The molecule has 7 heteroatoms. The number of esters is 1. The van der Waals surface area contributed by atoms with Crippen LogP contribution in [0.1, 0.15) is 39.9 Å². The summed E-state index contributed by atoms with van der Waals surface area (Å²) in [5.41, 5.74) is 0.124. The first-order valence-corrected chi connectivity index (χ1v) is 7.72. The second-order valence-electron chi connectivity index (χ2n) is 5.13. The zero-order chi connectivity index (χ0) is 15.4. The Bertz CT molecular complexity index is 527. The van der Waals surface area contributed by atoms with Gasteiger partial charge < -0.3 is 14.4 Å². The SMILES string of the molecule is COCC1CCCN(c2nc(C(=O)OC)c(C(C)=O)s2)C1. The summed E-state index contributed by atoms with van der Waals surface area (Å²) in [6.07, 6.45) is 2.18. The van der Waals surface area contributed by atoms with E-state index < -0.39 is 5.97 Å². The average Bonchev–Trinajstić information content (AvgIpc) is 2.92. The quantitative estimate of drug-likeness (QED) is 0.612. The third kappa shape index (κ3) is 3.59. The molecule has 0 saturated carbocycles. The van der Waals surface area contributed by atoms with Crippen LogP contribution in [0.4, 0.5) is 5.13 Å². The summed E-state index contributed by atoms with van der Waals surface area (Å²) in [6, 6.07) is 0. The number of carbonyl (C=O) groups excluding carboxylic acids is 2. The molecule has 0 radical (unpaired) electrons. The van der Waals surface area contributed by atoms with E-state index in [1.165, 1.54) is 25.4 Å². The second-order valence-corrected chi connectivity index (χ2v) is 6.11. The number of thiazole rings is 1. The van der Waals surface area contributed by atoms with Crippen LogP contribution in [0.3, 0.4) is 0 Å². The van der Waals surface area contributed by atoms with Crippen LogP contribution in [-0.4, -0.2) is 50.7 Å². The normalized spacial score (nSPS) is 18.6. The molecular formula is C14H20N2O4S. The first-order chi connectivity index (χ1) is 10.1. The van der Waals surface area contributed by atoms with Crippen molar-refractivity contribution in [1.82, 2.24) is 4.98 Å². The van der Waals surface area contributed by atoms with Crippen LogP contribution in [-0.2, 0) is 9.47 Å². The van der Waals surface area contributed by atoms with Gasteiger partial charge in [-0.2, -0.15) is 0 Å². The number of Topliss-reactive ketones (excluding diaryl/α,β-unsaturated/α-hetero) is 1. The number of hydrogen-bond acceptors (Lipinski definition) is 7. The minimum atomic E-state index is -0.562. The predicted molar refractivity (Wildman–Crippen MR) is 80.3 cm³/mol. The third-order valence-corrected chi connectivity index (χ3v) is 4.72. The number of anilines is 1. The Morgan fingerprint density at radius 3 is 2.81 bits per heavy atom. The lowest BCUT2D eigenvalue weighted by molar-refractivity contribution is 0.0591. The van der Waals surface area contributed by atoms with Gasteiger partial charge in [0.15, 0.2) is 16.6 Å². The van der Waals surface area contributed by atoms with E-state index in [-0.39, 0.29) is 11.5 Å². The lowest BCUT2D eigenvalue weighted by atomic mass is 9.99. The highest BCUT2D eigenvalue weighted by Gasteiger charge is 2.27. The van der Waals surface area contributed by atoms with Gasteiger partial charge >= 0.3 is 5.97 Å². The summed E-state index contributed by atoms with van der Waals surface area (Å²) in [4.78, 5) is 30.2. The lowest BCUT2D eigenvalue weighted by Crippen LogP contribution is -2.37. The van der Waals surface area contributed by atoms with Gasteiger partial charge in [0.1, 0.15) is 4.88 Å². The molecule has 2 rings (SSSR count). The van der Waals surface area contributed by atoms with Crippen molar-refractivity contribution >= 4 is 28.2 Å². The highest BCUT2D eigenvalue weighted by Crippen LogP contribution is 2.30. The van der Waals surface area contributed by atoms with Crippen LogP contribution < -0.4 is 4.90 Å². The van der Waals surface area contributed by atoms with Crippen LogP contribution in [0.15, 0.2) is 0 Å². The van der Waals surface area contributed by atoms with Gasteiger partial charge in [0.2, 0.25) is 0 Å². The summed E-state index contributed by atoms with van der Waals surface area (Å²) >= 11 is 1.26. The fourth-order valence-electron chi connectivity index (χ4n) is 2.53. The Kier molecular flexibility index (Phi) is 5.30. The molecule has 2 heterocycles. The van der Waals surface area contributed by atoms with Crippen LogP contribution >= 0.6 is 11.3 Å². The van der Waals surface area contributed by atoms with Gasteiger partial charge in [0.05, 0.1) is 13.7 Å². The molecule has 0 N–H and O–H groups in total. The van der Waals surface area contributed by atoms with Crippen LogP contribution in [0.25, 0.3) is 0 Å². The van der Waals surface area contributed by atoms with Gasteiger partial charge in [0, 0.05) is 27.1 Å². The van der Waals surface area contributed by atoms with Crippen LogP contribution in [0, 0.1) is 5.92 Å². The number of ketones is 1. The molecule has 1 fully saturated rings. The number of nitrogens with zero attached hydrogens (tertiary/aromatic N) is 2. The van der Waals surface area contributed by atoms with Crippen molar-refractivity contribution in [2.24, 2.45) is 5.92 Å². The minimum absolute atomic E-state index is 0.124. The van der Waals surface area contributed by atoms with E-state index in [1.807, 2.05) is 0 Å². The van der Waals surface area contributed by atoms with E-state index in [2.05, 4.69) is 9.88 Å². The maximum Gasteiger partial charge on any atom is 0.358 e. The lowest BCUT2D eigenvalue weighted by Gasteiger charge is -2.32. The second kappa shape index (κ2) is 7.00. The topological polar surface area (TPSA) is 68.7 Å². The average molecular weight is 312 g/mol. The van der Waals surface area contributed by atoms with Crippen LogP contribution in [0.2, 0.25) is 0 Å². The smallest absolute Gasteiger partial charge is 0.358 e. The Labute approximate surface area is 128 Å². The van der Waals surface area contributed by atoms with Gasteiger partial charge in [0.25, 0.3) is 0 Å². The van der Waals surface area contributed by atoms with Crippen molar-refractivity contribution in [3.8, 4) is 0 Å². The molecular weight excluding hydrogens is 292 g/mol. The summed E-state index contributed by atoms with van der Waals surface area (Å²) in [5.74, 6) is -0.271. The Morgan fingerprint density at radius 1 is 1.43 bits per heavy atom. The molecule has 1 aromatic rings. The highest BCUT2D eigenvalue weighted by molar-refractivity contribution is 7.17. The van der Waals surface area contributed by atoms with E-state index in [0.717, 1.165) is 25.9 Å². The fourth-order valence-corrected chi connectivity index (χ4v) is 3.51. The predicted octanol–water partition coefficient (Wildman–Crippen LogP) is 2.00. The number of hydrogen-bond donors (Lipinski definition) is 0. The largest absolute Gasteiger partial charge is 0.464 e. The van der Waals surface area contributed by atoms with E-state index in [1.54, 1.807) is 7.11 Å². The van der Waals surface area contributed by atoms with Crippen molar-refractivity contribution in [3.63, 3.8) is 0 Å². The molecule has 6 nitrogen and oxygen atoms in total. The minimum Gasteiger partial charge on any atom is -0.464 e. The summed E-state index contributed by atoms with van der Waals surface area (Å²) in [7, 11) is 2.99. The molecule has 0 aromatic carbocycles. The number of rotatable bonds is 5. The number of aromatic nitrogens is 1. The molecule has 1 unspecified atom stereocenters. The first-order valence-electron chi connectivity index (χ1n) is 6.90. The van der Waals surface area contributed by atoms with E-state index in [0.29, 0.717) is 22.5 Å². The van der Waals surface area contributed by atoms with E-state index in [9.17, 15) is 9.59 Å². The molecule has 1 atom stereocenters. The first kappa shape index (κ1) is 15.9. The van der Waals surface area contributed by atoms with E-state index in [4.69, 9.17) is 9.47 Å². The van der Waals surface area contributed by atoms with Crippen LogP contribution in [0.5, 0.6) is 0 Å². The fraction of sp³-hybridized carbons (Fsp3) is 0.643. The molecule has 0 amide bonds. The third-order valence-electron chi connectivity index (χ3n) is 3.51. The molecule has 1 aliphatic rings. The Morgan fingerprint density at radius 2 is 2.19 bits per heavy atom. The zero-order valence-electron chi connectivity index (χ0n) is 12.5. The maximum atomic E-state index is 11.7. The van der Waals surface area contributed by atoms with Crippen molar-refractivity contribution in [2.75, 3.05) is 38.8 Å². The van der Waals surface area contributed by atoms with Crippen molar-refractivity contribution in [2.45, 2.75) is 19.8 Å². The molecule has 0 aliphatic carbocycles. The zero-order valence-corrected chi connectivity index (χ0v) is 13.4. The van der Waals surface area contributed by atoms with E-state index >= 15 is 0 Å². The van der Waals surface area contributed by atoms with Gasteiger partial charge in [-0.25, -0.2) is 9.78 Å². The number of carbonyl (C=O) groups is 2. The summed E-state index contributed by atoms with van der Waals surface area (Å²) < 4.78 is 9.92. The monoisotopic (exact) mass is 312 g/mol. The molecule has 0 spiro atoms.